The molecular formula is C23H23ClN6O. The number of carbonyl (C=O) groups excluding carboxylic acids is 1. The number of nitrogens with zero attached hydrogens (tertiary/aromatic N) is 4. The highest BCUT2D eigenvalue weighted by molar-refractivity contribution is 6.33. The van der Waals surface area contributed by atoms with Crippen LogP contribution in [0.25, 0.3) is 5.78 Å². The topological polar surface area (TPSA) is 84.2 Å². The first-order valence-electron chi connectivity index (χ1n) is 10.00. The highest BCUT2D eigenvalue weighted by atomic mass is 35.5. The number of hydrogen-bond acceptors (Lipinski definition) is 5. The van der Waals surface area contributed by atoms with Crippen molar-refractivity contribution in [2.45, 2.75) is 33.2 Å². The van der Waals surface area contributed by atoms with Crippen LogP contribution in [-0.4, -0.2) is 25.5 Å². The molecule has 8 heteroatoms. The van der Waals surface area contributed by atoms with Gasteiger partial charge in [0.25, 0.3) is 5.78 Å². The van der Waals surface area contributed by atoms with Crippen molar-refractivity contribution in [1.82, 2.24) is 19.6 Å². The van der Waals surface area contributed by atoms with Gasteiger partial charge in [-0.15, -0.1) is 5.10 Å². The van der Waals surface area contributed by atoms with Crippen LogP contribution in [0.3, 0.4) is 0 Å². The van der Waals surface area contributed by atoms with Gasteiger partial charge in [0, 0.05) is 23.1 Å². The maximum atomic E-state index is 12.5. The Hall–Kier alpha value is -3.45. The molecule has 2 aromatic carbocycles. The summed E-state index contributed by atoms with van der Waals surface area (Å²) in [5, 5.41) is 11.2. The lowest BCUT2D eigenvalue weighted by molar-refractivity contribution is -0.115. The molecule has 158 valence electrons. The van der Waals surface area contributed by atoms with E-state index in [1.165, 1.54) is 0 Å². The largest absolute Gasteiger partial charge is 0.377 e. The number of fused-ring (bicyclic) bond motifs is 1. The van der Waals surface area contributed by atoms with Crippen LogP contribution < -0.4 is 10.6 Å². The van der Waals surface area contributed by atoms with Crippen molar-refractivity contribution < 1.29 is 4.79 Å². The number of rotatable bonds is 6. The molecule has 1 amide bonds. The summed E-state index contributed by atoms with van der Waals surface area (Å²) in [7, 11) is 0. The maximum absolute atomic E-state index is 12.5. The zero-order chi connectivity index (χ0) is 22.0. The fraction of sp³-hybridized carbons (Fsp3) is 0.217. The average Bonchev–Trinajstić information content (AvgIpc) is 3.13. The smallest absolute Gasteiger partial charge is 0.252 e. The normalized spacial score (nSPS) is 12.0. The number of nitrogens with one attached hydrogen (secondary N) is 2. The Morgan fingerprint density at radius 2 is 1.87 bits per heavy atom. The summed E-state index contributed by atoms with van der Waals surface area (Å²) in [6, 6.07) is 17.5. The first kappa shape index (κ1) is 20.8. The lowest BCUT2D eigenvalue weighted by atomic mass is 10.1. The number of benzene rings is 2. The van der Waals surface area contributed by atoms with E-state index in [4.69, 9.17) is 11.6 Å². The van der Waals surface area contributed by atoms with Gasteiger partial charge < -0.3 is 10.6 Å². The number of carbonyl (C=O) groups is 1. The summed E-state index contributed by atoms with van der Waals surface area (Å²) in [6.07, 6.45) is 0.0461. The third kappa shape index (κ3) is 4.83. The summed E-state index contributed by atoms with van der Waals surface area (Å²) in [4.78, 5) is 21.2. The molecule has 1 unspecified atom stereocenters. The van der Waals surface area contributed by atoms with Crippen molar-refractivity contribution in [1.29, 1.82) is 0 Å². The first-order valence-corrected chi connectivity index (χ1v) is 10.4. The molecule has 0 aliphatic carbocycles. The molecule has 0 radical (unpaired) electrons. The second kappa shape index (κ2) is 8.73. The fourth-order valence-corrected chi connectivity index (χ4v) is 3.63. The van der Waals surface area contributed by atoms with Crippen LogP contribution >= 0.6 is 11.6 Å². The third-order valence-corrected chi connectivity index (χ3v) is 5.22. The number of halogens is 1. The minimum Gasteiger partial charge on any atom is -0.377 e. The van der Waals surface area contributed by atoms with E-state index in [-0.39, 0.29) is 18.4 Å². The molecule has 0 saturated heterocycles. The molecular weight excluding hydrogens is 412 g/mol. The Morgan fingerprint density at radius 1 is 1.10 bits per heavy atom. The number of amides is 1. The van der Waals surface area contributed by atoms with Gasteiger partial charge in [-0.05, 0) is 50.6 Å². The van der Waals surface area contributed by atoms with Crippen LogP contribution in [0.5, 0.6) is 0 Å². The van der Waals surface area contributed by atoms with Crippen molar-refractivity contribution in [2.24, 2.45) is 0 Å². The molecule has 2 N–H and O–H groups in total. The van der Waals surface area contributed by atoms with Crippen LogP contribution in [0.4, 0.5) is 11.4 Å². The fourth-order valence-electron chi connectivity index (χ4n) is 3.40. The van der Waals surface area contributed by atoms with E-state index in [2.05, 4.69) is 44.8 Å². The number of anilines is 2. The summed E-state index contributed by atoms with van der Waals surface area (Å²) in [6.45, 7) is 5.90. The monoisotopic (exact) mass is 434 g/mol. The van der Waals surface area contributed by atoms with Gasteiger partial charge in [0.1, 0.15) is 0 Å². The predicted molar refractivity (Wildman–Crippen MR) is 123 cm³/mol. The average molecular weight is 435 g/mol. The lowest BCUT2D eigenvalue weighted by Crippen LogP contribution is -2.15. The third-order valence-electron chi connectivity index (χ3n) is 4.91. The molecule has 4 rings (SSSR count). The second-order valence-corrected chi connectivity index (χ2v) is 7.88. The minimum absolute atomic E-state index is 0.0461. The van der Waals surface area contributed by atoms with Crippen molar-refractivity contribution >= 4 is 34.7 Å². The Kier molecular flexibility index (Phi) is 5.86. The van der Waals surface area contributed by atoms with Crippen LogP contribution in [0.1, 0.15) is 35.7 Å². The van der Waals surface area contributed by atoms with Crippen molar-refractivity contribution in [3.63, 3.8) is 0 Å². The highest BCUT2D eigenvalue weighted by Crippen LogP contribution is 2.29. The minimum atomic E-state index is -0.222. The van der Waals surface area contributed by atoms with E-state index >= 15 is 0 Å². The van der Waals surface area contributed by atoms with E-state index in [1.807, 2.05) is 50.2 Å². The van der Waals surface area contributed by atoms with Gasteiger partial charge in [-0.1, -0.05) is 41.9 Å². The molecule has 2 heterocycles. The van der Waals surface area contributed by atoms with Gasteiger partial charge in [0.2, 0.25) is 5.91 Å². The number of aromatic nitrogens is 4. The molecule has 7 nitrogen and oxygen atoms in total. The molecule has 0 saturated carbocycles. The molecule has 0 aliphatic rings. The highest BCUT2D eigenvalue weighted by Gasteiger charge is 2.13. The van der Waals surface area contributed by atoms with E-state index in [9.17, 15) is 4.79 Å². The number of hydrogen-bond donors (Lipinski definition) is 2. The zero-order valence-corrected chi connectivity index (χ0v) is 18.3. The van der Waals surface area contributed by atoms with Crippen LogP contribution in [0.2, 0.25) is 5.02 Å². The predicted octanol–water partition coefficient (Wildman–Crippen LogP) is 4.75. The SMILES string of the molecule is Cc1cc(C)n2nc(CC(=O)Nc3ccc(NC(C)c4ccccc4)c(Cl)c3)nc2n1. The molecule has 0 spiro atoms. The molecule has 0 fully saturated rings. The van der Waals surface area contributed by atoms with Gasteiger partial charge in [-0.2, -0.15) is 4.98 Å². The van der Waals surface area contributed by atoms with Crippen molar-refractivity contribution in [3.05, 3.63) is 82.4 Å². The van der Waals surface area contributed by atoms with Crippen LogP contribution in [0, 0.1) is 13.8 Å². The summed E-state index contributed by atoms with van der Waals surface area (Å²) >= 11 is 6.44. The summed E-state index contributed by atoms with van der Waals surface area (Å²) in [5.41, 5.74) is 4.35. The molecule has 4 aromatic rings. The van der Waals surface area contributed by atoms with Gasteiger partial charge >= 0.3 is 0 Å². The number of aryl methyl sites for hydroxylation is 2. The second-order valence-electron chi connectivity index (χ2n) is 7.48. The zero-order valence-electron chi connectivity index (χ0n) is 17.6. The molecule has 0 aliphatic heterocycles. The molecule has 0 bridgehead atoms. The van der Waals surface area contributed by atoms with Gasteiger partial charge in [-0.25, -0.2) is 9.50 Å². The summed E-state index contributed by atoms with van der Waals surface area (Å²) in [5.74, 6) is 0.686. The molecule has 2 aromatic heterocycles. The van der Waals surface area contributed by atoms with Crippen molar-refractivity contribution in [2.75, 3.05) is 10.6 Å². The van der Waals surface area contributed by atoms with Gasteiger partial charge in [-0.3, -0.25) is 4.79 Å². The van der Waals surface area contributed by atoms with E-state index in [0.29, 0.717) is 22.3 Å². The van der Waals surface area contributed by atoms with Crippen molar-refractivity contribution in [3.8, 4) is 0 Å². The van der Waals surface area contributed by atoms with E-state index in [0.717, 1.165) is 22.6 Å². The first-order chi connectivity index (χ1) is 14.9. The van der Waals surface area contributed by atoms with E-state index in [1.54, 1.807) is 10.6 Å². The van der Waals surface area contributed by atoms with Crippen LogP contribution in [0.15, 0.2) is 54.6 Å². The summed E-state index contributed by atoms with van der Waals surface area (Å²) < 4.78 is 1.64. The van der Waals surface area contributed by atoms with Gasteiger partial charge in [0.15, 0.2) is 5.82 Å². The lowest BCUT2D eigenvalue weighted by Gasteiger charge is -2.17. The Bertz CT molecular complexity index is 1240. The Morgan fingerprint density at radius 3 is 2.61 bits per heavy atom. The Labute approximate surface area is 185 Å². The molecule has 31 heavy (non-hydrogen) atoms. The Balaban J connectivity index is 1.42. The molecule has 1 atom stereocenters. The van der Waals surface area contributed by atoms with Gasteiger partial charge in [0.05, 0.1) is 17.1 Å². The van der Waals surface area contributed by atoms with Crippen LogP contribution in [-0.2, 0) is 11.2 Å². The van der Waals surface area contributed by atoms with E-state index < -0.39 is 0 Å². The maximum Gasteiger partial charge on any atom is 0.252 e. The standard InChI is InChI=1S/C23H23ClN6O/c1-14-11-15(2)30-23(25-14)28-21(29-30)13-22(31)27-18-9-10-20(19(24)12-18)26-16(3)17-7-5-4-6-8-17/h4-12,16,26H,13H2,1-3H3,(H,27,31). The quantitative estimate of drug-likeness (QED) is 0.457.